The van der Waals surface area contributed by atoms with E-state index in [9.17, 15) is 14.4 Å². The summed E-state index contributed by atoms with van der Waals surface area (Å²) in [5.74, 6) is -0.909. The summed E-state index contributed by atoms with van der Waals surface area (Å²) in [5, 5.41) is 3.28. The molecule has 1 aliphatic rings. The number of nitrogens with one attached hydrogen (secondary N) is 1. The number of ketones is 1. The lowest BCUT2D eigenvalue weighted by Crippen LogP contribution is -2.34. The lowest BCUT2D eigenvalue weighted by atomic mass is 10.1. The minimum atomic E-state index is -0.753. The summed E-state index contributed by atoms with van der Waals surface area (Å²) in [5.41, 5.74) is 1.45. The smallest absolute Gasteiger partial charge is 0.296 e. The number of nitrogens with zero attached hydrogens (tertiary/aromatic N) is 2. The van der Waals surface area contributed by atoms with Crippen LogP contribution in [-0.2, 0) is 16.1 Å². The van der Waals surface area contributed by atoms with Crippen LogP contribution in [0.1, 0.15) is 36.0 Å². The van der Waals surface area contributed by atoms with Crippen molar-refractivity contribution in [2.45, 2.75) is 32.2 Å². The summed E-state index contributed by atoms with van der Waals surface area (Å²) >= 11 is 0. The van der Waals surface area contributed by atoms with Gasteiger partial charge >= 0.3 is 0 Å². The second-order valence-electron chi connectivity index (χ2n) is 7.97. The number of Topliss-reactive ketones (excluding diaryl/α,β-unsaturated/α-hetero) is 1. The van der Waals surface area contributed by atoms with Gasteiger partial charge in [0.05, 0.1) is 18.4 Å². The Balaban J connectivity index is 1.58. The third-order valence-electron chi connectivity index (χ3n) is 5.86. The molecule has 0 unspecified atom stereocenters. The highest BCUT2D eigenvalue weighted by Gasteiger charge is 2.24. The number of carbonyl (C=O) groups is 3. The van der Waals surface area contributed by atoms with Gasteiger partial charge < -0.3 is 19.5 Å². The van der Waals surface area contributed by atoms with Crippen LogP contribution >= 0.6 is 0 Å². The van der Waals surface area contributed by atoms with Gasteiger partial charge in [0.15, 0.2) is 0 Å². The SMILES string of the molecule is COc1ccccc1NC(=O)C(=O)c1cn(CC(=O)N2CCCCCC2)c2ccccc12. The Bertz CT molecular complexity index is 1140. The van der Waals surface area contributed by atoms with E-state index in [1.54, 1.807) is 41.1 Å². The minimum Gasteiger partial charge on any atom is -0.495 e. The number of carbonyl (C=O) groups excluding carboxylic acids is 3. The molecule has 166 valence electrons. The van der Waals surface area contributed by atoms with Crippen molar-refractivity contribution in [1.82, 2.24) is 9.47 Å². The molecule has 1 fully saturated rings. The van der Waals surface area contributed by atoms with Crippen LogP contribution in [0, 0.1) is 0 Å². The highest BCUT2D eigenvalue weighted by Crippen LogP contribution is 2.25. The average molecular weight is 434 g/mol. The number of amides is 2. The van der Waals surface area contributed by atoms with Gasteiger partial charge in [-0.3, -0.25) is 14.4 Å². The van der Waals surface area contributed by atoms with E-state index in [0.29, 0.717) is 16.8 Å². The normalized spacial score (nSPS) is 14.1. The number of anilines is 1. The molecule has 2 heterocycles. The average Bonchev–Trinajstić information content (AvgIpc) is 2.98. The van der Waals surface area contributed by atoms with E-state index < -0.39 is 11.7 Å². The molecule has 0 spiro atoms. The number of benzene rings is 2. The number of likely N-dealkylation sites (tertiary alicyclic amines) is 1. The maximum Gasteiger partial charge on any atom is 0.296 e. The van der Waals surface area contributed by atoms with Crippen molar-refractivity contribution in [2.24, 2.45) is 0 Å². The molecule has 1 aromatic heterocycles. The van der Waals surface area contributed by atoms with Crippen molar-refractivity contribution in [2.75, 3.05) is 25.5 Å². The first-order valence-corrected chi connectivity index (χ1v) is 10.9. The number of hydrogen-bond acceptors (Lipinski definition) is 4. The van der Waals surface area contributed by atoms with Crippen LogP contribution in [0.5, 0.6) is 5.75 Å². The van der Waals surface area contributed by atoms with Crippen molar-refractivity contribution in [3.05, 3.63) is 60.3 Å². The first-order valence-electron chi connectivity index (χ1n) is 10.9. The summed E-state index contributed by atoms with van der Waals surface area (Å²) in [6, 6.07) is 14.3. The van der Waals surface area contributed by atoms with E-state index in [1.165, 1.54) is 7.11 Å². The van der Waals surface area contributed by atoms with Crippen LogP contribution in [0.2, 0.25) is 0 Å². The number of para-hydroxylation sites is 3. The Labute approximate surface area is 187 Å². The van der Waals surface area contributed by atoms with Gasteiger partial charge in [-0.1, -0.05) is 43.2 Å². The molecule has 2 aromatic carbocycles. The van der Waals surface area contributed by atoms with E-state index in [4.69, 9.17) is 4.74 Å². The van der Waals surface area contributed by atoms with Crippen molar-refractivity contribution in [3.63, 3.8) is 0 Å². The van der Waals surface area contributed by atoms with Crippen LogP contribution in [-0.4, -0.2) is 47.3 Å². The molecule has 4 rings (SSSR count). The van der Waals surface area contributed by atoms with Crippen LogP contribution in [0.15, 0.2) is 54.7 Å². The van der Waals surface area contributed by atoms with E-state index in [0.717, 1.165) is 44.3 Å². The third-order valence-corrected chi connectivity index (χ3v) is 5.86. The molecule has 7 heteroatoms. The number of methoxy groups -OCH3 is 1. The molecule has 2 amide bonds. The first-order chi connectivity index (χ1) is 15.6. The molecule has 1 aliphatic heterocycles. The second-order valence-corrected chi connectivity index (χ2v) is 7.97. The Kier molecular flexibility index (Phi) is 6.54. The molecule has 1 saturated heterocycles. The van der Waals surface area contributed by atoms with E-state index in [1.807, 2.05) is 23.1 Å². The summed E-state index contributed by atoms with van der Waals surface area (Å²) in [7, 11) is 1.50. The Morgan fingerprint density at radius 2 is 1.62 bits per heavy atom. The zero-order chi connectivity index (χ0) is 22.5. The largest absolute Gasteiger partial charge is 0.495 e. The molecule has 32 heavy (non-hydrogen) atoms. The van der Waals surface area contributed by atoms with Crippen molar-refractivity contribution >= 4 is 34.2 Å². The highest BCUT2D eigenvalue weighted by atomic mass is 16.5. The van der Waals surface area contributed by atoms with Gasteiger partial charge in [0, 0.05) is 30.2 Å². The fraction of sp³-hybridized carbons (Fsp3) is 0.320. The van der Waals surface area contributed by atoms with Gasteiger partial charge in [0.25, 0.3) is 11.7 Å². The fourth-order valence-corrected chi connectivity index (χ4v) is 4.17. The predicted octanol–water partition coefficient (Wildman–Crippen LogP) is 3.87. The number of rotatable bonds is 6. The van der Waals surface area contributed by atoms with Gasteiger partial charge in [-0.05, 0) is 31.0 Å². The molecule has 0 bridgehead atoms. The molecule has 1 N–H and O–H groups in total. The molecule has 0 aliphatic carbocycles. The van der Waals surface area contributed by atoms with E-state index in [2.05, 4.69) is 5.32 Å². The van der Waals surface area contributed by atoms with Crippen molar-refractivity contribution in [3.8, 4) is 5.75 Å². The summed E-state index contributed by atoms with van der Waals surface area (Å²) in [6.07, 6.45) is 5.95. The zero-order valence-corrected chi connectivity index (χ0v) is 18.2. The molecular weight excluding hydrogens is 406 g/mol. The summed E-state index contributed by atoms with van der Waals surface area (Å²) < 4.78 is 7.01. The predicted molar refractivity (Wildman–Crippen MR) is 123 cm³/mol. The van der Waals surface area contributed by atoms with E-state index in [-0.39, 0.29) is 18.0 Å². The van der Waals surface area contributed by atoms with Crippen LogP contribution < -0.4 is 10.1 Å². The number of ether oxygens (including phenoxy) is 1. The fourth-order valence-electron chi connectivity index (χ4n) is 4.17. The molecule has 0 atom stereocenters. The molecule has 7 nitrogen and oxygen atoms in total. The zero-order valence-electron chi connectivity index (χ0n) is 18.2. The summed E-state index contributed by atoms with van der Waals surface area (Å²) in [4.78, 5) is 40.6. The minimum absolute atomic E-state index is 0.0325. The highest BCUT2D eigenvalue weighted by molar-refractivity contribution is 6.48. The maximum absolute atomic E-state index is 13.0. The molecular formula is C25H27N3O4. The molecule has 3 aromatic rings. The standard InChI is InChI=1S/C25H27N3O4/c1-32-22-13-7-5-11-20(22)26-25(31)24(30)19-16-28(21-12-6-4-10-18(19)21)17-23(29)27-14-8-2-3-9-15-27/h4-7,10-13,16H,2-3,8-9,14-15,17H2,1H3,(H,26,31). The topological polar surface area (TPSA) is 80.6 Å². The Hall–Kier alpha value is -3.61. The van der Waals surface area contributed by atoms with E-state index >= 15 is 0 Å². The van der Waals surface area contributed by atoms with Crippen LogP contribution in [0.4, 0.5) is 5.69 Å². The summed E-state index contributed by atoms with van der Waals surface area (Å²) in [6.45, 7) is 1.68. The third kappa shape index (κ3) is 4.51. The monoisotopic (exact) mass is 433 g/mol. The van der Waals surface area contributed by atoms with Gasteiger partial charge in [-0.25, -0.2) is 0 Å². The molecule has 0 radical (unpaired) electrons. The van der Waals surface area contributed by atoms with Gasteiger partial charge in [0.2, 0.25) is 5.91 Å². The first kappa shape index (κ1) is 21.6. The number of aromatic nitrogens is 1. The Morgan fingerprint density at radius 1 is 0.938 bits per heavy atom. The van der Waals surface area contributed by atoms with Crippen molar-refractivity contribution < 1.29 is 19.1 Å². The van der Waals surface area contributed by atoms with Gasteiger partial charge in [-0.15, -0.1) is 0 Å². The van der Waals surface area contributed by atoms with Crippen molar-refractivity contribution in [1.29, 1.82) is 0 Å². The maximum atomic E-state index is 13.0. The number of fused-ring (bicyclic) bond motifs is 1. The Morgan fingerprint density at radius 3 is 2.38 bits per heavy atom. The van der Waals surface area contributed by atoms with Gasteiger partial charge in [0.1, 0.15) is 12.3 Å². The van der Waals surface area contributed by atoms with Gasteiger partial charge in [-0.2, -0.15) is 0 Å². The lowest BCUT2D eigenvalue weighted by Gasteiger charge is -2.20. The number of hydrogen-bond donors (Lipinski definition) is 1. The van der Waals surface area contributed by atoms with Crippen LogP contribution in [0.3, 0.4) is 0 Å². The second kappa shape index (κ2) is 9.68. The quantitative estimate of drug-likeness (QED) is 0.473. The molecule has 0 saturated carbocycles. The van der Waals surface area contributed by atoms with Crippen LogP contribution in [0.25, 0.3) is 10.9 Å². The lowest BCUT2D eigenvalue weighted by molar-refractivity contribution is -0.131.